The summed E-state index contributed by atoms with van der Waals surface area (Å²) in [6.45, 7) is 12.3. The van der Waals surface area contributed by atoms with Crippen molar-refractivity contribution in [2.75, 3.05) is 14.2 Å². The Bertz CT molecular complexity index is 1410. The van der Waals surface area contributed by atoms with E-state index in [1.165, 1.54) is 24.3 Å². The van der Waals surface area contributed by atoms with Crippen LogP contribution >= 0.6 is 0 Å². The molecule has 212 valence electrons. The van der Waals surface area contributed by atoms with Crippen LogP contribution in [0, 0.1) is 0 Å². The number of carbonyl (C=O) groups excluding carboxylic acids is 2. The van der Waals surface area contributed by atoms with Crippen LogP contribution in [0.4, 0.5) is 0 Å². The lowest BCUT2D eigenvalue weighted by Gasteiger charge is -2.36. The molecule has 0 fully saturated rings. The summed E-state index contributed by atoms with van der Waals surface area (Å²) in [5, 5.41) is 0. The van der Waals surface area contributed by atoms with Crippen molar-refractivity contribution in [2.45, 2.75) is 78.9 Å². The Morgan fingerprint density at radius 2 is 1.73 bits per heavy atom. The lowest BCUT2D eigenvalue weighted by Crippen LogP contribution is -2.35. The van der Waals surface area contributed by atoms with Crippen LogP contribution in [0.1, 0.15) is 78.4 Å². The molecule has 2 heterocycles. The maximum atomic E-state index is 13.6. The van der Waals surface area contributed by atoms with Gasteiger partial charge >= 0.3 is 0 Å². The van der Waals surface area contributed by atoms with Crippen molar-refractivity contribution in [1.29, 1.82) is 0 Å². The number of benzene rings is 1. The molecule has 1 aromatic rings. The van der Waals surface area contributed by atoms with Gasteiger partial charge in [0.05, 0.1) is 19.8 Å². The Morgan fingerprint density at radius 1 is 1.02 bits per heavy atom. The first kappa shape index (κ1) is 29.2. The van der Waals surface area contributed by atoms with Crippen LogP contribution < -0.4 is 14.2 Å². The SMILES string of the molecule is COC1=CC(=O)C2=C(C1=O)[C@H](/C=C(\C)CCC=C(C)C)Oc1cc(OC)c3c(c12)C=C[C@@](C)(CCC=C(C)C)O3. The van der Waals surface area contributed by atoms with Crippen LogP contribution in [-0.2, 0) is 14.3 Å². The molecule has 0 aromatic heterocycles. The predicted octanol–water partition coefficient (Wildman–Crippen LogP) is 7.50. The van der Waals surface area contributed by atoms with Crippen molar-refractivity contribution in [2.24, 2.45) is 0 Å². The number of hydrogen-bond acceptors (Lipinski definition) is 6. The molecule has 3 aliphatic rings. The van der Waals surface area contributed by atoms with Gasteiger partial charge in [-0.3, -0.25) is 9.59 Å². The molecule has 2 atom stereocenters. The van der Waals surface area contributed by atoms with Crippen LogP contribution in [0.25, 0.3) is 11.6 Å². The first-order valence-electron chi connectivity index (χ1n) is 13.8. The second-order valence-electron chi connectivity index (χ2n) is 11.3. The molecule has 0 bridgehead atoms. The molecule has 0 saturated carbocycles. The second kappa shape index (κ2) is 11.7. The number of rotatable bonds is 9. The summed E-state index contributed by atoms with van der Waals surface area (Å²) in [6.07, 6.45) is 14.1. The maximum Gasteiger partial charge on any atom is 0.228 e. The molecule has 0 amide bonds. The van der Waals surface area contributed by atoms with Gasteiger partial charge in [-0.1, -0.05) is 34.9 Å². The molecule has 6 heteroatoms. The van der Waals surface area contributed by atoms with Crippen molar-refractivity contribution in [1.82, 2.24) is 0 Å². The molecule has 0 spiro atoms. The predicted molar refractivity (Wildman–Crippen MR) is 159 cm³/mol. The highest BCUT2D eigenvalue weighted by atomic mass is 16.5. The van der Waals surface area contributed by atoms with Gasteiger partial charge in [-0.25, -0.2) is 0 Å². The zero-order valence-electron chi connectivity index (χ0n) is 24.9. The number of ketones is 2. The number of allylic oxidation sites excluding steroid dienone is 8. The van der Waals surface area contributed by atoms with Crippen molar-refractivity contribution in [3.63, 3.8) is 0 Å². The molecule has 0 saturated heterocycles. The van der Waals surface area contributed by atoms with Crippen LogP contribution in [0.5, 0.6) is 17.2 Å². The molecule has 6 nitrogen and oxygen atoms in total. The van der Waals surface area contributed by atoms with Gasteiger partial charge in [-0.05, 0) is 79.4 Å². The number of hydrogen-bond donors (Lipinski definition) is 0. The van der Waals surface area contributed by atoms with Gasteiger partial charge in [0.25, 0.3) is 0 Å². The lowest BCUT2D eigenvalue weighted by atomic mass is 9.80. The van der Waals surface area contributed by atoms with Gasteiger partial charge in [-0.15, -0.1) is 0 Å². The molecule has 4 rings (SSSR count). The van der Waals surface area contributed by atoms with E-state index in [0.717, 1.165) is 31.3 Å². The Balaban J connectivity index is 1.84. The lowest BCUT2D eigenvalue weighted by molar-refractivity contribution is -0.118. The summed E-state index contributed by atoms with van der Waals surface area (Å²) < 4.78 is 24.1. The van der Waals surface area contributed by atoms with E-state index in [1.807, 2.05) is 32.1 Å². The van der Waals surface area contributed by atoms with Crippen LogP contribution in [0.3, 0.4) is 0 Å². The Hall–Kier alpha value is -3.80. The van der Waals surface area contributed by atoms with E-state index in [0.29, 0.717) is 33.9 Å². The highest BCUT2D eigenvalue weighted by Gasteiger charge is 2.43. The topological polar surface area (TPSA) is 71.1 Å². The van der Waals surface area contributed by atoms with Crippen LogP contribution in [0.2, 0.25) is 0 Å². The normalized spacial score (nSPS) is 21.4. The van der Waals surface area contributed by atoms with E-state index in [-0.39, 0.29) is 22.9 Å². The van der Waals surface area contributed by atoms with E-state index in [2.05, 4.69) is 39.8 Å². The van der Waals surface area contributed by atoms with E-state index in [4.69, 9.17) is 18.9 Å². The molecule has 1 aliphatic carbocycles. The standard InChI is InChI=1S/C34H40O6/c1-20(2)11-9-13-22(5)17-25-31-30(24(35)18-27(37-7)32(31)36)29-23-14-16-34(6,15-10-12-21(3)4)40-33(23)28(38-8)19-26(29)39-25/h11-12,14,16-19,25H,9-10,13,15H2,1-8H3/b22-17+/t25-,34+/m0/s1. The highest BCUT2D eigenvalue weighted by molar-refractivity contribution is 6.38. The van der Waals surface area contributed by atoms with Gasteiger partial charge in [0, 0.05) is 28.8 Å². The zero-order valence-corrected chi connectivity index (χ0v) is 24.9. The molecule has 0 N–H and O–H groups in total. The minimum absolute atomic E-state index is 0.0115. The number of Topliss-reactive ketones (excluding diaryl/α,β-unsaturated/α-hetero) is 1. The largest absolute Gasteiger partial charge is 0.493 e. The molecule has 1 aromatic carbocycles. The summed E-state index contributed by atoms with van der Waals surface area (Å²) in [5.74, 6) is 0.892. The molecular formula is C34H40O6. The molecule has 0 radical (unpaired) electrons. The number of fused-ring (bicyclic) bond motifs is 4. The van der Waals surface area contributed by atoms with E-state index in [9.17, 15) is 9.59 Å². The maximum absolute atomic E-state index is 13.6. The van der Waals surface area contributed by atoms with Gasteiger partial charge in [-0.2, -0.15) is 0 Å². The first-order chi connectivity index (χ1) is 19.0. The third kappa shape index (κ3) is 5.86. The first-order valence-corrected chi connectivity index (χ1v) is 13.8. The second-order valence-corrected chi connectivity index (χ2v) is 11.3. The van der Waals surface area contributed by atoms with Gasteiger partial charge in [0.15, 0.2) is 23.0 Å². The zero-order chi connectivity index (χ0) is 29.2. The third-order valence-electron chi connectivity index (χ3n) is 7.38. The van der Waals surface area contributed by atoms with Crippen LogP contribution in [-0.4, -0.2) is 37.5 Å². The Labute approximate surface area is 237 Å². The highest BCUT2D eigenvalue weighted by Crippen LogP contribution is 2.51. The fourth-order valence-electron chi connectivity index (χ4n) is 5.27. The summed E-state index contributed by atoms with van der Waals surface area (Å²) >= 11 is 0. The van der Waals surface area contributed by atoms with Crippen LogP contribution in [0.15, 0.2) is 64.5 Å². The van der Waals surface area contributed by atoms with Gasteiger partial charge in [0.2, 0.25) is 5.78 Å². The molecule has 2 aliphatic heterocycles. The Kier molecular flexibility index (Phi) is 8.57. The summed E-state index contributed by atoms with van der Waals surface area (Å²) in [4.78, 5) is 27.2. The molecule has 0 unspecified atom stereocenters. The minimum atomic E-state index is -0.741. The van der Waals surface area contributed by atoms with E-state index in [1.54, 1.807) is 13.2 Å². The average molecular weight is 545 g/mol. The fourth-order valence-corrected chi connectivity index (χ4v) is 5.27. The molecule has 40 heavy (non-hydrogen) atoms. The molecular weight excluding hydrogens is 504 g/mol. The minimum Gasteiger partial charge on any atom is -0.493 e. The summed E-state index contributed by atoms with van der Waals surface area (Å²) in [6, 6.07) is 1.76. The number of methoxy groups -OCH3 is 2. The average Bonchev–Trinajstić information content (AvgIpc) is 2.88. The van der Waals surface area contributed by atoms with Gasteiger partial charge in [0.1, 0.15) is 17.5 Å². The monoisotopic (exact) mass is 544 g/mol. The fraction of sp³-hybridized carbons (Fsp3) is 0.412. The van der Waals surface area contributed by atoms with Crippen molar-refractivity contribution < 1.29 is 28.5 Å². The number of ether oxygens (including phenoxy) is 4. The van der Waals surface area contributed by atoms with Gasteiger partial charge < -0.3 is 18.9 Å². The third-order valence-corrected chi connectivity index (χ3v) is 7.38. The smallest absolute Gasteiger partial charge is 0.228 e. The summed E-state index contributed by atoms with van der Waals surface area (Å²) in [5.41, 5.74) is 4.84. The van der Waals surface area contributed by atoms with Crippen molar-refractivity contribution >= 4 is 23.2 Å². The van der Waals surface area contributed by atoms with E-state index < -0.39 is 11.7 Å². The van der Waals surface area contributed by atoms with Crippen molar-refractivity contribution in [3.8, 4) is 17.2 Å². The van der Waals surface area contributed by atoms with Crippen molar-refractivity contribution in [3.05, 3.63) is 75.6 Å². The number of carbonyl (C=O) groups is 2. The quantitative estimate of drug-likeness (QED) is 0.237. The Morgan fingerprint density at radius 3 is 2.38 bits per heavy atom. The summed E-state index contributed by atoms with van der Waals surface area (Å²) in [7, 11) is 2.99. The van der Waals surface area contributed by atoms with E-state index >= 15 is 0 Å².